The summed E-state index contributed by atoms with van der Waals surface area (Å²) in [4.78, 5) is 17.2. The van der Waals surface area contributed by atoms with Gasteiger partial charge in [-0.2, -0.15) is 0 Å². The highest BCUT2D eigenvalue weighted by Crippen LogP contribution is 2.23. The van der Waals surface area contributed by atoms with Crippen LogP contribution in [0.25, 0.3) is 0 Å². The van der Waals surface area contributed by atoms with Gasteiger partial charge in [0.05, 0.1) is 16.1 Å². The number of nitrogens with zero attached hydrogens (tertiary/aromatic N) is 2. The summed E-state index contributed by atoms with van der Waals surface area (Å²) < 4.78 is 41.1. The average molecular weight is 468 g/mol. The fraction of sp³-hybridized carbons (Fsp3) is 0.240. The summed E-state index contributed by atoms with van der Waals surface area (Å²) in [6.07, 6.45) is 0. The van der Waals surface area contributed by atoms with Crippen molar-refractivity contribution in [2.75, 3.05) is 30.9 Å². The standard InChI is InChI=1S/C25H26FN3O3S/c1-19-6-2-3-7-20(19)18-28-14-16-29(17-15-28)25(30)23-8-4-5-9-24(23)27-33(31,32)22-12-10-21(26)11-13-22/h2-13,27H,14-18H2,1H3. The zero-order valence-corrected chi connectivity index (χ0v) is 19.2. The molecule has 0 unspecified atom stereocenters. The van der Waals surface area contributed by atoms with E-state index < -0.39 is 15.8 Å². The second-order valence-corrected chi connectivity index (χ2v) is 9.78. The first kappa shape index (κ1) is 22.9. The first-order chi connectivity index (χ1) is 15.8. The van der Waals surface area contributed by atoms with E-state index in [1.165, 1.54) is 23.3 Å². The number of benzene rings is 3. The van der Waals surface area contributed by atoms with E-state index in [1.54, 1.807) is 29.2 Å². The number of hydrogen-bond donors (Lipinski definition) is 1. The van der Waals surface area contributed by atoms with Crippen LogP contribution in [0.1, 0.15) is 21.5 Å². The Hall–Kier alpha value is -3.23. The van der Waals surface area contributed by atoms with Crippen LogP contribution < -0.4 is 4.72 Å². The predicted molar refractivity (Wildman–Crippen MR) is 126 cm³/mol. The van der Waals surface area contributed by atoms with Crippen molar-refractivity contribution in [2.45, 2.75) is 18.4 Å². The SMILES string of the molecule is Cc1ccccc1CN1CCN(C(=O)c2ccccc2NS(=O)(=O)c2ccc(F)cc2)CC1. The van der Waals surface area contributed by atoms with E-state index in [9.17, 15) is 17.6 Å². The van der Waals surface area contributed by atoms with Gasteiger partial charge in [-0.05, 0) is 54.4 Å². The molecule has 1 heterocycles. The van der Waals surface area contributed by atoms with Gasteiger partial charge in [0.1, 0.15) is 5.82 Å². The van der Waals surface area contributed by atoms with Crippen LogP contribution in [0.5, 0.6) is 0 Å². The summed E-state index contributed by atoms with van der Waals surface area (Å²) >= 11 is 0. The number of amides is 1. The quantitative estimate of drug-likeness (QED) is 0.597. The summed E-state index contributed by atoms with van der Waals surface area (Å²) in [6.45, 7) is 5.53. The minimum atomic E-state index is -3.96. The highest BCUT2D eigenvalue weighted by molar-refractivity contribution is 7.92. The number of hydrogen-bond acceptors (Lipinski definition) is 4. The Bertz CT molecular complexity index is 1240. The molecule has 0 saturated carbocycles. The smallest absolute Gasteiger partial charge is 0.261 e. The van der Waals surface area contributed by atoms with E-state index in [0.717, 1.165) is 31.8 Å². The van der Waals surface area contributed by atoms with Gasteiger partial charge in [-0.25, -0.2) is 12.8 Å². The molecule has 172 valence electrons. The molecule has 33 heavy (non-hydrogen) atoms. The lowest BCUT2D eigenvalue weighted by atomic mass is 10.1. The molecule has 8 heteroatoms. The maximum atomic E-state index is 13.2. The Morgan fingerprint density at radius 3 is 2.24 bits per heavy atom. The van der Waals surface area contributed by atoms with Crippen LogP contribution in [-0.4, -0.2) is 50.3 Å². The zero-order chi connectivity index (χ0) is 23.4. The largest absolute Gasteiger partial charge is 0.336 e. The van der Waals surface area contributed by atoms with Crippen LogP contribution in [0.3, 0.4) is 0 Å². The molecule has 3 aromatic carbocycles. The molecule has 1 amide bonds. The summed E-state index contributed by atoms with van der Waals surface area (Å²) in [5.74, 6) is -0.742. The van der Waals surface area contributed by atoms with Crippen LogP contribution in [0.4, 0.5) is 10.1 Å². The third kappa shape index (κ3) is 5.40. The van der Waals surface area contributed by atoms with Gasteiger partial charge >= 0.3 is 0 Å². The first-order valence-corrected chi connectivity index (χ1v) is 12.3. The zero-order valence-electron chi connectivity index (χ0n) is 18.4. The van der Waals surface area contributed by atoms with Crippen molar-refractivity contribution in [1.29, 1.82) is 0 Å². The fourth-order valence-electron chi connectivity index (χ4n) is 3.88. The highest BCUT2D eigenvalue weighted by Gasteiger charge is 2.25. The number of nitrogens with one attached hydrogen (secondary N) is 1. The lowest BCUT2D eigenvalue weighted by Gasteiger charge is -2.35. The highest BCUT2D eigenvalue weighted by atomic mass is 32.2. The summed E-state index contributed by atoms with van der Waals surface area (Å²) in [5.41, 5.74) is 3.01. The molecule has 1 fully saturated rings. The van der Waals surface area contributed by atoms with E-state index >= 15 is 0 Å². The minimum Gasteiger partial charge on any atom is -0.336 e. The van der Waals surface area contributed by atoms with Crippen LogP contribution in [0.15, 0.2) is 77.7 Å². The molecule has 0 atom stereocenters. The fourth-order valence-corrected chi connectivity index (χ4v) is 4.96. The van der Waals surface area contributed by atoms with Crippen molar-refractivity contribution in [3.05, 3.63) is 95.3 Å². The summed E-state index contributed by atoms with van der Waals surface area (Å²) in [6, 6.07) is 19.4. The maximum absolute atomic E-state index is 13.2. The molecule has 0 radical (unpaired) electrons. The minimum absolute atomic E-state index is 0.0732. The number of anilines is 1. The second-order valence-electron chi connectivity index (χ2n) is 8.10. The van der Waals surface area contributed by atoms with Gasteiger partial charge in [-0.1, -0.05) is 36.4 Å². The normalized spacial score (nSPS) is 14.8. The average Bonchev–Trinajstić information content (AvgIpc) is 2.81. The number of rotatable bonds is 6. The van der Waals surface area contributed by atoms with Gasteiger partial charge in [-0.3, -0.25) is 14.4 Å². The van der Waals surface area contributed by atoms with Crippen molar-refractivity contribution in [1.82, 2.24) is 9.80 Å². The van der Waals surface area contributed by atoms with Gasteiger partial charge < -0.3 is 4.90 Å². The van der Waals surface area contributed by atoms with Crippen molar-refractivity contribution < 1.29 is 17.6 Å². The first-order valence-electron chi connectivity index (χ1n) is 10.8. The molecule has 6 nitrogen and oxygen atoms in total. The third-order valence-electron chi connectivity index (χ3n) is 5.84. The molecule has 3 aromatic rings. The maximum Gasteiger partial charge on any atom is 0.261 e. The number of carbonyl (C=O) groups excluding carboxylic acids is 1. The van der Waals surface area contributed by atoms with E-state index in [1.807, 2.05) is 12.1 Å². The molecule has 0 aromatic heterocycles. The molecule has 4 rings (SSSR count). The van der Waals surface area contributed by atoms with Crippen molar-refractivity contribution in [3.8, 4) is 0 Å². The summed E-state index contributed by atoms with van der Waals surface area (Å²) in [7, 11) is -3.96. The predicted octanol–water partition coefficient (Wildman–Crippen LogP) is 3.89. The molecule has 0 spiro atoms. The molecule has 1 aliphatic rings. The van der Waals surface area contributed by atoms with E-state index in [-0.39, 0.29) is 22.1 Å². The molecule has 0 aliphatic carbocycles. The number of aryl methyl sites for hydroxylation is 1. The molecule has 0 bridgehead atoms. The van der Waals surface area contributed by atoms with Crippen LogP contribution >= 0.6 is 0 Å². The van der Waals surface area contributed by atoms with Gasteiger partial charge in [0.25, 0.3) is 15.9 Å². The van der Waals surface area contributed by atoms with Gasteiger partial charge in [0, 0.05) is 32.7 Å². The van der Waals surface area contributed by atoms with Crippen LogP contribution in [0.2, 0.25) is 0 Å². The molecular weight excluding hydrogens is 441 g/mol. The van der Waals surface area contributed by atoms with Crippen LogP contribution in [0, 0.1) is 12.7 Å². The Morgan fingerprint density at radius 2 is 1.55 bits per heavy atom. The topological polar surface area (TPSA) is 69.7 Å². The lowest BCUT2D eigenvalue weighted by molar-refractivity contribution is 0.0629. The molecule has 1 N–H and O–H groups in total. The number of carbonyl (C=O) groups is 1. The van der Waals surface area contributed by atoms with Gasteiger partial charge in [-0.15, -0.1) is 0 Å². The third-order valence-corrected chi connectivity index (χ3v) is 7.22. The van der Waals surface area contributed by atoms with E-state index in [0.29, 0.717) is 13.1 Å². The number of halogens is 1. The van der Waals surface area contributed by atoms with Crippen LogP contribution in [-0.2, 0) is 16.6 Å². The Kier molecular flexibility index (Phi) is 6.76. The summed E-state index contributed by atoms with van der Waals surface area (Å²) in [5, 5.41) is 0. The van der Waals surface area contributed by atoms with Crippen molar-refractivity contribution in [3.63, 3.8) is 0 Å². The van der Waals surface area contributed by atoms with E-state index in [2.05, 4.69) is 28.7 Å². The number of sulfonamides is 1. The van der Waals surface area contributed by atoms with Crippen molar-refractivity contribution in [2.24, 2.45) is 0 Å². The Balaban J connectivity index is 1.44. The van der Waals surface area contributed by atoms with Crippen molar-refractivity contribution >= 4 is 21.6 Å². The monoisotopic (exact) mass is 467 g/mol. The van der Waals surface area contributed by atoms with Gasteiger partial charge in [0.2, 0.25) is 0 Å². The molecular formula is C25H26FN3O3S. The Labute approximate surface area is 193 Å². The van der Waals surface area contributed by atoms with Gasteiger partial charge in [0.15, 0.2) is 0 Å². The van der Waals surface area contributed by atoms with E-state index in [4.69, 9.17) is 0 Å². The molecule has 1 aliphatic heterocycles. The Morgan fingerprint density at radius 1 is 0.909 bits per heavy atom. The second kappa shape index (κ2) is 9.72. The number of piperazine rings is 1. The lowest BCUT2D eigenvalue weighted by Crippen LogP contribution is -2.48. The molecule has 1 saturated heterocycles. The number of para-hydroxylation sites is 1.